The van der Waals surface area contributed by atoms with Crippen LogP contribution in [0.2, 0.25) is 0 Å². The van der Waals surface area contributed by atoms with E-state index in [0.29, 0.717) is 16.9 Å². The number of thioether (sulfide) groups is 1. The zero-order chi connectivity index (χ0) is 26.9. The van der Waals surface area contributed by atoms with Crippen LogP contribution in [0.25, 0.3) is 16.8 Å². The Hall–Kier alpha value is -3.63. The Balaban J connectivity index is 1.55. The Bertz CT molecular complexity index is 1470. The molecule has 0 unspecified atom stereocenters. The molecule has 0 aliphatic heterocycles. The van der Waals surface area contributed by atoms with Crippen LogP contribution >= 0.6 is 34.4 Å². The van der Waals surface area contributed by atoms with Crippen LogP contribution in [-0.4, -0.2) is 34.7 Å². The molecule has 38 heavy (non-hydrogen) atoms. The minimum Gasteiger partial charge on any atom is -0.480 e. The number of hydrogen-bond acceptors (Lipinski definition) is 4. The van der Waals surface area contributed by atoms with Gasteiger partial charge in [0.05, 0.1) is 0 Å². The van der Waals surface area contributed by atoms with Crippen LogP contribution in [0.15, 0.2) is 103 Å². The normalized spacial score (nSPS) is 12.1. The van der Waals surface area contributed by atoms with Crippen molar-refractivity contribution in [3.63, 3.8) is 0 Å². The molecule has 0 heterocycles. The van der Waals surface area contributed by atoms with Gasteiger partial charge in [0.2, 0.25) is 0 Å². The van der Waals surface area contributed by atoms with E-state index >= 15 is 0 Å². The molecule has 0 bridgehead atoms. The molecular weight excluding hydrogens is 611 g/mol. The van der Waals surface area contributed by atoms with Gasteiger partial charge in [0.15, 0.2) is 0 Å². The lowest BCUT2D eigenvalue weighted by Gasteiger charge is -2.17. The lowest BCUT2D eigenvalue weighted by Crippen LogP contribution is -2.45. The molecule has 3 N–H and O–H groups in total. The largest absolute Gasteiger partial charge is 0.480 e. The second kappa shape index (κ2) is 13.3. The van der Waals surface area contributed by atoms with Crippen molar-refractivity contribution < 1.29 is 19.5 Å². The number of carboxylic acids is 1. The molecule has 0 spiro atoms. The molecule has 4 rings (SSSR count). The average Bonchev–Trinajstić information content (AvgIpc) is 2.92. The summed E-state index contributed by atoms with van der Waals surface area (Å²) in [5.74, 6) is -1.50. The summed E-state index contributed by atoms with van der Waals surface area (Å²) in [5, 5.41) is 17.0. The minimum absolute atomic E-state index is 0.0388. The molecule has 0 fully saturated rings. The summed E-state index contributed by atoms with van der Waals surface area (Å²) in [6, 6.07) is 29.0. The number of rotatable bonds is 10. The zero-order valence-corrected chi connectivity index (χ0v) is 23.2. The smallest absolute Gasteiger partial charge is 0.327 e. The van der Waals surface area contributed by atoms with Crippen LogP contribution in [0, 0.1) is 3.57 Å². The molecular formula is C30H25IN2O4S. The molecule has 4 aromatic rings. The number of carbonyl (C=O) groups is 3. The number of halogens is 1. The molecule has 0 radical (unpaired) electrons. The fourth-order valence-corrected chi connectivity index (χ4v) is 5.07. The molecule has 1 atom stereocenters. The van der Waals surface area contributed by atoms with Crippen molar-refractivity contribution in [3.8, 4) is 0 Å². The van der Waals surface area contributed by atoms with Crippen LogP contribution in [0.1, 0.15) is 21.5 Å². The fraction of sp³-hybridized carbons (Fsp3) is 0.100. The predicted molar refractivity (Wildman–Crippen MR) is 161 cm³/mol. The number of carbonyl (C=O) groups excluding carboxylic acids is 2. The van der Waals surface area contributed by atoms with Crippen molar-refractivity contribution >= 4 is 69.0 Å². The summed E-state index contributed by atoms with van der Waals surface area (Å²) in [4.78, 5) is 38.2. The SMILES string of the molecule is O=C(N[C@@H](CSCc1ccccc1)C(=O)O)/C(=C/c1ccc2ccccc2c1)NC(=O)c1ccc(I)cc1. The molecule has 8 heteroatoms. The van der Waals surface area contributed by atoms with E-state index in [1.54, 1.807) is 30.3 Å². The number of carboxylic acid groups (broad SMARTS) is 1. The molecule has 6 nitrogen and oxygen atoms in total. The highest BCUT2D eigenvalue weighted by atomic mass is 127. The third kappa shape index (κ3) is 7.69. The summed E-state index contributed by atoms with van der Waals surface area (Å²) < 4.78 is 0.973. The zero-order valence-electron chi connectivity index (χ0n) is 20.3. The minimum atomic E-state index is -1.15. The van der Waals surface area contributed by atoms with Gasteiger partial charge in [-0.2, -0.15) is 11.8 Å². The van der Waals surface area contributed by atoms with Gasteiger partial charge in [-0.05, 0) is 80.9 Å². The highest BCUT2D eigenvalue weighted by molar-refractivity contribution is 14.1. The molecule has 2 amide bonds. The van der Waals surface area contributed by atoms with Gasteiger partial charge in [-0.15, -0.1) is 0 Å². The van der Waals surface area contributed by atoms with E-state index in [9.17, 15) is 19.5 Å². The molecule has 0 aromatic heterocycles. The summed E-state index contributed by atoms with van der Waals surface area (Å²) in [7, 11) is 0. The summed E-state index contributed by atoms with van der Waals surface area (Å²) in [6.45, 7) is 0. The lowest BCUT2D eigenvalue weighted by atomic mass is 10.1. The highest BCUT2D eigenvalue weighted by Crippen LogP contribution is 2.18. The molecule has 4 aromatic carbocycles. The molecule has 192 valence electrons. The maximum Gasteiger partial charge on any atom is 0.327 e. The molecule has 0 saturated carbocycles. The molecule has 0 saturated heterocycles. The van der Waals surface area contributed by atoms with Crippen molar-refractivity contribution in [1.82, 2.24) is 10.6 Å². The number of aliphatic carboxylic acids is 1. The van der Waals surface area contributed by atoms with E-state index in [2.05, 4.69) is 33.2 Å². The number of nitrogens with one attached hydrogen (secondary N) is 2. The number of hydrogen-bond donors (Lipinski definition) is 3. The van der Waals surface area contributed by atoms with Crippen molar-refractivity contribution in [3.05, 3.63) is 123 Å². The summed E-state index contributed by atoms with van der Waals surface area (Å²) in [6.07, 6.45) is 1.56. The van der Waals surface area contributed by atoms with Gasteiger partial charge in [-0.3, -0.25) is 9.59 Å². The molecule has 0 aliphatic rings. The van der Waals surface area contributed by atoms with E-state index in [1.165, 1.54) is 11.8 Å². The van der Waals surface area contributed by atoms with E-state index in [4.69, 9.17) is 0 Å². The first-order valence-electron chi connectivity index (χ1n) is 11.8. The first-order valence-corrected chi connectivity index (χ1v) is 14.0. The number of benzene rings is 4. The van der Waals surface area contributed by atoms with E-state index < -0.39 is 23.8 Å². The van der Waals surface area contributed by atoms with Crippen molar-refractivity contribution in [2.24, 2.45) is 0 Å². The van der Waals surface area contributed by atoms with Crippen LogP contribution in [0.3, 0.4) is 0 Å². The maximum atomic E-state index is 13.3. The quantitative estimate of drug-likeness (QED) is 0.153. The Kier molecular flexibility index (Phi) is 9.56. The first kappa shape index (κ1) is 27.4. The Morgan fingerprint density at radius 2 is 1.55 bits per heavy atom. The standard InChI is InChI=1S/C30H25IN2O4S/c31-25-14-12-23(13-15-25)28(34)32-26(17-21-10-11-22-8-4-5-9-24(22)16-21)29(35)33-27(30(36)37)19-38-18-20-6-2-1-3-7-20/h1-17,27H,18-19H2,(H,32,34)(H,33,35)(H,36,37)/b26-17-/t27-/m0/s1. The van der Waals surface area contributed by atoms with Crippen LogP contribution in [-0.2, 0) is 15.3 Å². The van der Waals surface area contributed by atoms with Gasteiger partial charge >= 0.3 is 5.97 Å². The van der Waals surface area contributed by atoms with Crippen molar-refractivity contribution in [2.75, 3.05) is 5.75 Å². The Labute approximate surface area is 238 Å². The molecule has 0 aliphatic carbocycles. The third-order valence-electron chi connectivity index (χ3n) is 5.68. The average molecular weight is 637 g/mol. The number of fused-ring (bicyclic) bond motifs is 1. The first-order chi connectivity index (χ1) is 18.4. The number of amides is 2. The van der Waals surface area contributed by atoms with Gasteiger partial charge in [-0.1, -0.05) is 66.7 Å². The van der Waals surface area contributed by atoms with Crippen molar-refractivity contribution in [1.29, 1.82) is 0 Å². The summed E-state index contributed by atoms with van der Waals surface area (Å²) in [5.41, 5.74) is 2.11. The predicted octanol–water partition coefficient (Wildman–Crippen LogP) is 5.72. The Morgan fingerprint density at radius 1 is 0.868 bits per heavy atom. The van der Waals surface area contributed by atoms with E-state index in [0.717, 1.165) is 19.9 Å². The van der Waals surface area contributed by atoms with Gasteiger partial charge in [0, 0.05) is 20.6 Å². The van der Waals surface area contributed by atoms with Crippen molar-refractivity contribution in [2.45, 2.75) is 11.8 Å². The van der Waals surface area contributed by atoms with Gasteiger partial charge in [-0.25, -0.2) is 4.79 Å². The lowest BCUT2D eigenvalue weighted by molar-refractivity contribution is -0.140. The van der Waals surface area contributed by atoms with Crippen LogP contribution < -0.4 is 10.6 Å². The highest BCUT2D eigenvalue weighted by Gasteiger charge is 2.23. The van der Waals surface area contributed by atoms with E-state index in [1.807, 2.05) is 72.8 Å². The topological polar surface area (TPSA) is 95.5 Å². The second-order valence-electron chi connectivity index (χ2n) is 8.49. The fourth-order valence-electron chi connectivity index (χ4n) is 3.70. The van der Waals surface area contributed by atoms with Gasteiger partial charge in [0.25, 0.3) is 11.8 Å². The van der Waals surface area contributed by atoms with Gasteiger partial charge in [0.1, 0.15) is 11.7 Å². The van der Waals surface area contributed by atoms with Gasteiger partial charge < -0.3 is 15.7 Å². The van der Waals surface area contributed by atoms with E-state index in [-0.39, 0.29) is 11.4 Å². The van der Waals surface area contributed by atoms with Crippen LogP contribution in [0.5, 0.6) is 0 Å². The monoisotopic (exact) mass is 636 g/mol. The second-order valence-corrected chi connectivity index (χ2v) is 10.8. The van der Waals surface area contributed by atoms with Crippen LogP contribution in [0.4, 0.5) is 0 Å². The Morgan fingerprint density at radius 3 is 2.26 bits per heavy atom. The third-order valence-corrected chi connectivity index (χ3v) is 7.51. The maximum absolute atomic E-state index is 13.3. The summed E-state index contributed by atoms with van der Waals surface area (Å²) >= 11 is 3.56.